The van der Waals surface area contributed by atoms with E-state index in [0.29, 0.717) is 18.6 Å². The number of ketones is 1. The Kier molecular flexibility index (Phi) is 3.53. The fraction of sp³-hybridized carbons (Fsp3) is 0.600. The Morgan fingerprint density at radius 1 is 1.58 bits per heavy atom. The molecule has 0 atom stereocenters. The smallest absolute Gasteiger partial charge is 0.158 e. The molecular formula is C10H13NO. The van der Waals surface area contributed by atoms with Gasteiger partial charge in [-0.2, -0.15) is 5.26 Å². The summed E-state index contributed by atoms with van der Waals surface area (Å²) < 4.78 is 0. The van der Waals surface area contributed by atoms with Gasteiger partial charge in [0.25, 0.3) is 0 Å². The van der Waals surface area contributed by atoms with Crippen LogP contribution in [0.15, 0.2) is 11.6 Å². The average molecular weight is 163 g/mol. The summed E-state index contributed by atoms with van der Waals surface area (Å²) in [6.07, 6.45) is 6.96. The molecule has 12 heavy (non-hydrogen) atoms. The lowest BCUT2D eigenvalue weighted by Crippen LogP contribution is -2.06. The summed E-state index contributed by atoms with van der Waals surface area (Å²) in [6, 6.07) is 2.08. The molecular weight excluding hydrogens is 150 g/mol. The van der Waals surface area contributed by atoms with Gasteiger partial charge >= 0.3 is 0 Å². The number of unbranched alkanes of at least 4 members (excludes halogenated alkanes) is 1. The normalized spacial score (nSPS) is 16.9. The SMILES string of the molecule is N#CCCCC1=CCCCC1=O. The molecule has 0 heterocycles. The molecule has 0 N–H and O–H groups in total. The van der Waals surface area contributed by atoms with Gasteiger partial charge in [0.2, 0.25) is 0 Å². The van der Waals surface area contributed by atoms with Crippen molar-refractivity contribution in [1.29, 1.82) is 5.26 Å². The minimum absolute atomic E-state index is 0.291. The van der Waals surface area contributed by atoms with E-state index in [1.54, 1.807) is 0 Å². The predicted octanol–water partition coefficient (Wildman–Crippen LogP) is 2.36. The Labute approximate surface area is 72.9 Å². The number of rotatable bonds is 3. The molecule has 64 valence electrons. The van der Waals surface area contributed by atoms with Gasteiger partial charge in [0, 0.05) is 12.8 Å². The zero-order valence-corrected chi connectivity index (χ0v) is 7.18. The highest BCUT2D eigenvalue weighted by Gasteiger charge is 2.12. The Balaban J connectivity index is 2.35. The summed E-state index contributed by atoms with van der Waals surface area (Å²) in [5.41, 5.74) is 0.955. The molecule has 0 aromatic heterocycles. The second-order valence-electron chi connectivity index (χ2n) is 3.06. The van der Waals surface area contributed by atoms with E-state index < -0.39 is 0 Å². The van der Waals surface area contributed by atoms with Gasteiger partial charge in [0.05, 0.1) is 6.07 Å². The van der Waals surface area contributed by atoms with Crippen LogP contribution in [0.3, 0.4) is 0 Å². The number of Topliss-reactive ketones (excluding diaryl/α,β-unsaturated/α-hetero) is 1. The van der Waals surface area contributed by atoms with Crippen molar-refractivity contribution in [2.45, 2.75) is 38.5 Å². The van der Waals surface area contributed by atoms with Crippen molar-refractivity contribution in [3.8, 4) is 6.07 Å². The molecule has 0 aliphatic heterocycles. The molecule has 0 spiro atoms. The molecule has 0 saturated heterocycles. The minimum atomic E-state index is 0.291. The first-order valence-corrected chi connectivity index (χ1v) is 4.44. The molecule has 0 saturated carbocycles. The highest BCUT2D eigenvalue weighted by molar-refractivity contribution is 5.95. The van der Waals surface area contributed by atoms with Gasteiger partial charge in [-0.25, -0.2) is 0 Å². The minimum Gasteiger partial charge on any atom is -0.295 e. The van der Waals surface area contributed by atoms with Gasteiger partial charge in [-0.15, -0.1) is 0 Å². The van der Waals surface area contributed by atoms with E-state index in [2.05, 4.69) is 6.07 Å². The van der Waals surface area contributed by atoms with Crippen LogP contribution in [0, 0.1) is 11.3 Å². The van der Waals surface area contributed by atoms with Crippen LogP contribution in [0.2, 0.25) is 0 Å². The van der Waals surface area contributed by atoms with Crippen LogP contribution in [0.4, 0.5) is 0 Å². The Morgan fingerprint density at radius 2 is 2.42 bits per heavy atom. The molecule has 0 bridgehead atoms. The largest absolute Gasteiger partial charge is 0.295 e. The molecule has 0 amide bonds. The quantitative estimate of drug-likeness (QED) is 0.599. The zero-order valence-electron chi connectivity index (χ0n) is 7.18. The number of carbonyl (C=O) groups excluding carboxylic acids is 1. The molecule has 1 aliphatic carbocycles. The van der Waals surface area contributed by atoms with Crippen LogP contribution < -0.4 is 0 Å². The summed E-state index contributed by atoms with van der Waals surface area (Å²) >= 11 is 0. The van der Waals surface area contributed by atoms with E-state index in [0.717, 1.165) is 31.3 Å². The standard InChI is InChI=1S/C10H13NO/c11-8-4-3-6-9-5-1-2-7-10(9)12/h5H,1-4,6-7H2. The molecule has 1 aliphatic rings. The fourth-order valence-corrected chi connectivity index (χ4v) is 1.41. The van der Waals surface area contributed by atoms with Crippen LogP contribution >= 0.6 is 0 Å². The molecule has 2 heteroatoms. The van der Waals surface area contributed by atoms with Crippen molar-refractivity contribution in [3.05, 3.63) is 11.6 Å². The molecule has 0 fully saturated rings. The summed E-state index contributed by atoms with van der Waals surface area (Å²) in [4.78, 5) is 11.2. The van der Waals surface area contributed by atoms with E-state index in [4.69, 9.17) is 5.26 Å². The molecule has 1 rings (SSSR count). The third kappa shape index (κ3) is 2.50. The van der Waals surface area contributed by atoms with Crippen molar-refractivity contribution >= 4 is 5.78 Å². The Hall–Kier alpha value is -1.10. The van der Waals surface area contributed by atoms with Crippen molar-refractivity contribution in [2.75, 3.05) is 0 Å². The van der Waals surface area contributed by atoms with E-state index in [9.17, 15) is 4.79 Å². The van der Waals surface area contributed by atoms with Crippen LogP contribution in [-0.2, 0) is 4.79 Å². The van der Waals surface area contributed by atoms with Crippen LogP contribution in [-0.4, -0.2) is 5.78 Å². The second-order valence-corrected chi connectivity index (χ2v) is 3.06. The molecule has 0 radical (unpaired) electrons. The third-order valence-electron chi connectivity index (χ3n) is 2.09. The molecule has 0 aromatic carbocycles. The highest BCUT2D eigenvalue weighted by atomic mass is 16.1. The molecule has 0 unspecified atom stereocenters. The number of hydrogen-bond acceptors (Lipinski definition) is 2. The monoisotopic (exact) mass is 163 g/mol. The van der Waals surface area contributed by atoms with Crippen molar-refractivity contribution in [3.63, 3.8) is 0 Å². The van der Waals surface area contributed by atoms with E-state index in [1.165, 1.54) is 0 Å². The molecule has 0 aromatic rings. The summed E-state index contributed by atoms with van der Waals surface area (Å²) in [5, 5.41) is 8.31. The third-order valence-corrected chi connectivity index (χ3v) is 2.09. The number of allylic oxidation sites excluding steroid dienone is 2. The summed E-state index contributed by atoms with van der Waals surface area (Å²) in [5.74, 6) is 0.291. The lowest BCUT2D eigenvalue weighted by molar-refractivity contribution is -0.116. The van der Waals surface area contributed by atoms with Crippen molar-refractivity contribution < 1.29 is 4.79 Å². The lowest BCUT2D eigenvalue weighted by Gasteiger charge is -2.09. The van der Waals surface area contributed by atoms with Gasteiger partial charge in [-0.3, -0.25) is 4.79 Å². The highest BCUT2D eigenvalue weighted by Crippen LogP contribution is 2.18. The topological polar surface area (TPSA) is 40.9 Å². The van der Waals surface area contributed by atoms with Crippen LogP contribution in [0.1, 0.15) is 38.5 Å². The maximum Gasteiger partial charge on any atom is 0.158 e. The first-order chi connectivity index (χ1) is 5.84. The van der Waals surface area contributed by atoms with Crippen molar-refractivity contribution in [1.82, 2.24) is 0 Å². The zero-order chi connectivity index (χ0) is 8.81. The maximum atomic E-state index is 11.2. The number of carbonyl (C=O) groups is 1. The van der Waals surface area contributed by atoms with Gasteiger partial charge < -0.3 is 0 Å². The van der Waals surface area contributed by atoms with Crippen molar-refractivity contribution in [2.24, 2.45) is 0 Å². The van der Waals surface area contributed by atoms with Gasteiger partial charge in [-0.05, 0) is 31.3 Å². The number of nitriles is 1. The number of nitrogens with zero attached hydrogens (tertiary/aromatic N) is 1. The van der Waals surface area contributed by atoms with E-state index in [1.807, 2.05) is 6.08 Å². The predicted molar refractivity (Wildman–Crippen MR) is 46.4 cm³/mol. The fourth-order valence-electron chi connectivity index (χ4n) is 1.41. The number of hydrogen-bond donors (Lipinski definition) is 0. The first kappa shape index (κ1) is 8.99. The van der Waals surface area contributed by atoms with Crippen LogP contribution in [0.25, 0.3) is 0 Å². The van der Waals surface area contributed by atoms with E-state index in [-0.39, 0.29) is 0 Å². The first-order valence-electron chi connectivity index (χ1n) is 4.44. The summed E-state index contributed by atoms with van der Waals surface area (Å²) in [6.45, 7) is 0. The Bertz CT molecular complexity index is 235. The maximum absolute atomic E-state index is 11.2. The van der Waals surface area contributed by atoms with Gasteiger partial charge in [-0.1, -0.05) is 6.08 Å². The Morgan fingerprint density at radius 3 is 3.08 bits per heavy atom. The lowest BCUT2D eigenvalue weighted by atomic mass is 9.94. The average Bonchev–Trinajstić information content (AvgIpc) is 2.09. The van der Waals surface area contributed by atoms with E-state index >= 15 is 0 Å². The van der Waals surface area contributed by atoms with Gasteiger partial charge in [0.15, 0.2) is 5.78 Å². The molecule has 2 nitrogen and oxygen atoms in total. The van der Waals surface area contributed by atoms with Gasteiger partial charge in [0.1, 0.15) is 0 Å². The summed E-state index contributed by atoms with van der Waals surface area (Å²) in [7, 11) is 0. The van der Waals surface area contributed by atoms with Crippen LogP contribution in [0.5, 0.6) is 0 Å². The second kappa shape index (κ2) is 4.71.